The lowest BCUT2D eigenvalue weighted by Crippen LogP contribution is -2.34. The Balaban J connectivity index is 1.76. The summed E-state index contributed by atoms with van der Waals surface area (Å²) in [5.74, 6) is 0.807. The van der Waals surface area contributed by atoms with Crippen molar-refractivity contribution in [2.45, 2.75) is 6.04 Å². The van der Waals surface area contributed by atoms with Gasteiger partial charge in [-0.15, -0.1) is 0 Å². The number of rotatable bonds is 5. The van der Waals surface area contributed by atoms with E-state index >= 15 is 0 Å². The van der Waals surface area contributed by atoms with Crippen LogP contribution >= 0.6 is 11.3 Å². The fraction of sp³-hybridized carbons (Fsp3) is 0.235. The molecule has 5 heteroatoms. The summed E-state index contributed by atoms with van der Waals surface area (Å²) in [7, 11) is 3.96. The highest BCUT2D eigenvalue weighted by molar-refractivity contribution is 7.08. The number of carbonyl (C=O) groups excluding carboxylic acids is 1. The number of furan rings is 1. The second-order valence-electron chi connectivity index (χ2n) is 5.39. The maximum Gasteiger partial charge on any atom is 0.252 e. The number of fused-ring (bicyclic) bond motifs is 1. The van der Waals surface area contributed by atoms with Crippen molar-refractivity contribution >= 4 is 28.2 Å². The molecule has 2 aromatic heterocycles. The third-order valence-electron chi connectivity index (χ3n) is 3.64. The van der Waals surface area contributed by atoms with Crippen LogP contribution in [0.5, 0.6) is 0 Å². The van der Waals surface area contributed by atoms with Gasteiger partial charge in [0.1, 0.15) is 11.3 Å². The number of hydrogen-bond acceptors (Lipinski definition) is 4. The number of benzene rings is 1. The number of para-hydroxylation sites is 1. The molecule has 1 unspecified atom stereocenters. The molecular weight excluding hydrogens is 296 g/mol. The Bertz CT molecular complexity index is 729. The second-order valence-corrected chi connectivity index (χ2v) is 6.17. The van der Waals surface area contributed by atoms with Crippen molar-refractivity contribution in [1.82, 2.24) is 10.2 Å². The molecule has 3 rings (SSSR count). The topological polar surface area (TPSA) is 45.5 Å². The van der Waals surface area contributed by atoms with Crippen LogP contribution in [0.1, 0.15) is 22.2 Å². The SMILES string of the molecule is CN(C)C(CNC(=O)c1ccsc1)c1cc2ccccc2o1. The fourth-order valence-electron chi connectivity index (χ4n) is 2.39. The summed E-state index contributed by atoms with van der Waals surface area (Å²) in [6.07, 6.45) is 0. The molecule has 114 valence electrons. The quantitative estimate of drug-likeness (QED) is 0.783. The zero-order chi connectivity index (χ0) is 15.5. The van der Waals surface area contributed by atoms with Crippen LogP contribution in [-0.4, -0.2) is 31.4 Å². The lowest BCUT2D eigenvalue weighted by molar-refractivity contribution is 0.0940. The Kier molecular flexibility index (Phi) is 4.27. The van der Waals surface area contributed by atoms with Crippen LogP contribution < -0.4 is 5.32 Å². The van der Waals surface area contributed by atoms with Crippen LogP contribution in [0.2, 0.25) is 0 Å². The summed E-state index contributed by atoms with van der Waals surface area (Å²) in [5.41, 5.74) is 1.57. The van der Waals surface area contributed by atoms with E-state index in [2.05, 4.69) is 5.32 Å². The molecule has 0 saturated heterocycles. The van der Waals surface area contributed by atoms with Crippen LogP contribution in [-0.2, 0) is 0 Å². The molecule has 3 aromatic rings. The van der Waals surface area contributed by atoms with Gasteiger partial charge in [-0.2, -0.15) is 11.3 Å². The van der Waals surface area contributed by atoms with Crippen LogP contribution in [0.15, 0.2) is 51.6 Å². The average Bonchev–Trinajstić information content (AvgIpc) is 3.16. The minimum Gasteiger partial charge on any atom is -0.459 e. The van der Waals surface area contributed by atoms with Crippen molar-refractivity contribution in [2.75, 3.05) is 20.6 Å². The van der Waals surface area contributed by atoms with Gasteiger partial charge >= 0.3 is 0 Å². The molecule has 1 amide bonds. The molecule has 0 spiro atoms. The zero-order valence-corrected chi connectivity index (χ0v) is 13.4. The Labute approximate surface area is 133 Å². The average molecular weight is 314 g/mol. The first kappa shape index (κ1) is 14.8. The van der Waals surface area contributed by atoms with E-state index in [1.165, 1.54) is 11.3 Å². The molecule has 22 heavy (non-hydrogen) atoms. The van der Waals surface area contributed by atoms with Crippen molar-refractivity contribution in [2.24, 2.45) is 0 Å². The first-order valence-corrected chi connectivity index (χ1v) is 8.05. The molecule has 0 aliphatic heterocycles. The van der Waals surface area contributed by atoms with E-state index in [-0.39, 0.29) is 11.9 Å². The van der Waals surface area contributed by atoms with Gasteiger partial charge in [0, 0.05) is 22.9 Å². The number of carbonyl (C=O) groups is 1. The van der Waals surface area contributed by atoms with Gasteiger partial charge in [0.15, 0.2) is 0 Å². The minimum atomic E-state index is -0.0517. The van der Waals surface area contributed by atoms with Gasteiger partial charge in [-0.25, -0.2) is 0 Å². The lowest BCUT2D eigenvalue weighted by atomic mass is 10.1. The summed E-state index contributed by atoms with van der Waals surface area (Å²) in [5, 5.41) is 7.80. The highest BCUT2D eigenvalue weighted by Gasteiger charge is 2.20. The maximum atomic E-state index is 12.1. The number of amides is 1. The van der Waals surface area contributed by atoms with Gasteiger partial charge in [-0.1, -0.05) is 18.2 Å². The van der Waals surface area contributed by atoms with Crippen molar-refractivity contribution in [3.05, 3.63) is 58.5 Å². The van der Waals surface area contributed by atoms with Crippen molar-refractivity contribution in [3.63, 3.8) is 0 Å². The van der Waals surface area contributed by atoms with E-state index < -0.39 is 0 Å². The second kappa shape index (κ2) is 6.34. The molecule has 0 aliphatic carbocycles. The lowest BCUT2D eigenvalue weighted by Gasteiger charge is -2.22. The van der Waals surface area contributed by atoms with E-state index in [4.69, 9.17) is 4.42 Å². The van der Waals surface area contributed by atoms with Crippen LogP contribution in [0, 0.1) is 0 Å². The van der Waals surface area contributed by atoms with E-state index in [9.17, 15) is 4.79 Å². The molecule has 1 N–H and O–H groups in total. The number of hydrogen-bond donors (Lipinski definition) is 1. The van der Waals surface area contributed by atoms with E-state index in [0.29, 0.717) is 12.1 Å². The number of thiophene rings is 1. The fourth-order valence-corrected chi connectivity index (χ4v) is 3.03. The summed E-state index contributed by atoms with van der Waals surface area (Å²) in [6, 6.07) is 11.8. The molecule has 0 fully saturated rings. The smallest absolute Gasteiger partial charge is 0.252 e. The van der Waals surface area contributed by atoms with Gasteiger partial charge in [-0.05, 0) is 37.7 Å². The summed E-state index contributed by atoms with van der Waals surface area (Å²) >= 11 is 1.52. The number of likely N-dealkylation sites (N-methyl/N-ethyl adjacent to an activating group) is 1. The number of nitrogens with one attached hydrogen (secondary N) is 1. The molecule has 1 atom stereocenters. The van der Waals surface area contributed by atoms with Crippen molar-refractivity contribution < 1.29 is 9.21 Å². The standard InChI is InChI=1S/C17H18N2O2S/c1-19(2)14(10-18-17(20)13-7-8-22-11-13)16-9-12-5-3-4-6-15(12)21-16/h3-9,11,14H,10H2,1-2H3,(H,18,20). The molecule has 0 aliphatic rings. The third-order valence-corrected chi connectivity index (χ3v) is 4.32. The van der Waals surface area contributed by atoms with Crippen LogP contribution in [0.25, 0.3) is 11.0 Å². The van der Waals surface area contributed by atoms with Crippen LogP contribution in [0.3, 0.4) is 0 Å². The van der Waals surface area contributed by atoms with Crippen molar-refractivity contribution in [3.8, 4) is 0 Å². The predicted molar refractivity (Wildman–Crippen MR) is 89.3 cm³/mol. The molecule has 0 radical (unpaired) electrons. The first-order chi connectivity index (χ1) is 10.6. The Morgan fingerprint density at radius 2 is 2.14 bits per heavy atom. The third kappa shape index (κ3) is 3.05. The largest absolute Gasteiger partial charge is 0.459 e. The highest BCUT2D eigenvalue weighted by Crippen LogP contribution is 2.26. The zero-order valence-electron chi connectivity index (χ0n) is 12.6. The Hall–Kier alpha value is -2.11. The van der Waals surface area contributed by atoms with Gasteiger partial charge in [0.05, 0.1) is 6.04 Å². The van der Waals surface area contributed by atoms with E-state index in [0.717, 1.165) is 16.7 Å². The molecule has 1 aromatic carbocycles. The summed E-state index contributed by atoms with van der Waals surface area (Å²) in [6.45, 7) is 0.501. The van der Waals surface area contributed by atoms with E-state index in [1.54, 1.807) is 0 Å². The molecule has 4 nitrogen and oxygen atoms in total. The minimum absolute atomic E-state index is 0.00464. The highest BCUT2D eigenvalue weighted by atomic mass is 32.1. The summed E-state index contributed by atoms with van der Waals surface area (Å²) in [4.78, 5) is 14.1. The molecule has 2 heterocycles. The Morgan fingerprint density at radius 1 is 1.32 bits per heavy atom. The monoisotopic (exact) mass is 314 g/mol. The van der Waals surface area contributed by atoms with Crippen molar-refractivity contribution in [1.29, 1.82) is 0 Å². The molecule has 0 saturated carbocycles. The normalized spacial score (nSPS) is 12.7. The van der Waals surface area contributed by atoms with Gasteiger partial charge in [0.2, 0.25) is 0 Å². The Morgan fingerprint density at radius 3 is 2.82 bits per heavy atom. The summed E-state index contributed by atoms with van der Waals surface area (Å²) < 4.78 is 5.92. The maximum absolute atomic E-state index is 12.1. The predicted octanol–water partition coefficient (Wildman–Crippen LogP) is 3.53. The van der Waals surface area contributed by atoms with E-state index in [1.807, 2.05) is 66.2 Å². The molecular formula is C17H18N2O2S. The van der Waals surface area contributed by atoms with Gasteiger partial charge in [0.25, 0.3) is 5.91 Å². The number of nitrogens with zero attached hydrogens (tertiary/aromatic N) is 1. The molecule has 0 bridgehead atoms. The van der Waals surface area contributed by atoms with Crippen LogP contribution in [0.4, 0.5) is 0 Å². The van der Waals surface area contributed by atoms with Gasteiger partial charge < -0.3 is 9.73 Å². The van der Waals surface area contributed by atoms with Gasteiger partial charge in [-0.3, -0.25) is 9.69 Å². The first-order valence-electron chi connectivity index (χ1n) is 7.10.